The zero-order valence-corrected chi connectivity index (χ0v) is 33.4. The summed E-state index contributed by atoms with van der Waals surface area (Å²) in [4.78, 5) is 16.2. The Balaban J connectivity index is 1.14. The maximum Gasteiger partial charge on any atom is 0.170 e. The van der Waals surface area contributed by atoms with E-state index < -0.39 is 0 Å². The fourth-order valence-corrected chi connectivity index (χ4v) is 10.3. The molecule has 0 aliphatic rings. The van der Waals surface area contributed by atoms with Gasteiger partial charge in [-0.15, -0.1) is 11.3 Å². The summed E-state index contributed by atoms with van der Waals surface area (Å²) >= 11 is 1.80. The highest BCUT2D eigenvalue weighted by Crippen LogP contribution is 2.44. The lowest BCUT2D eigenvalue weighted by Gasteiger charge is -2.15. The molecule has 0 radical (unpaired) electrons. The van der Waals surface area contributed by atoms with Gasteiger partial charge in [-0.2, -0.15) is 0 Å². The van der Waals surface area contributed by atoms with Gasteiger partial charge in [0, 0.05) is 52.8 Å². The number of hydrogen-bond acceptors (Lipinski definition) is 5. The van der Waals surface area contributed by atoms with Gasteiger partial charge in [-0.1, -0.05) is 127 Å². The minimum Gasteiger partial charge on any atom is -0.455 e. The van der Waals surface area contributed by atoms with Crippen molar-refractivity contribution in [3.05, 3.63) is 194 Å². The molecule has 61 heavy (non-hydrogen) atoms. The van der Waals surface area contributed by atoms with Crippen LogP contribution in [0.2, 0.25) is 0 Å². The van der Waals surface area contributed by atoms with Crippen molar-refractivity contribution in [2.45, 2.75) is 0 Å². The molecule has 0 atom stereocenters. The molecule has 0 saturated carbocycles. The van der Waals surface area contributed by atoms with Gasteiger partial charge in [-0.25, -0.2) is 15.0 Å². The average Bonchev–Trinajstić information content (AvgIpc) is 4.00. The Morgan fingerprint density at radius 1 is 0.377 bits per heavy atom. The van der Waals surface area contributed by atoms with Crippen LogP contribution in [0.15, 0.2) is 199 Å². The Labute approximate surface area is 353 Å². The van der Waals surface area contributed by atoms with Crippen LogP contribution in [0.1, 0.15) is 0 Å². The van der Waals surface area contributed by atoms with Crippen molar-refractivity contribution in [2.24, 2.45) is 0 Å². The molecule has 0 aliphatic carbocycles. The maximum atomic E-state index is 6.92. The predicted molar refractivity (Wildman–Crippen MR) is 254 cm³/mol. The number of aromatic nitrogens is 4. The Morgan fingerprint density at radius 3 is 1.90 bits per heavy atom. The van der Waals surface area contributed by atoms with Crippen molar-refractivity contribution >= 4 is 86.0 Å². The summed E-state index contributed by atoms with van der Waals surface area (Å²) in [5.41, 5.74) is 9.48. The van der Waals surface area contributed by atoms with E-state index in [1.165, 1.54) is 41.7 Å². The number of thiophene rings is 1. The highest BCUT2D eigenvalue weighted by Gasteiger charge is 2.25. The largest absolute Gasteiger partial charge is 0.455 e. The molecule has 0 bridgehead atoms. The van der Waals surface area contributed by atoms with E-state index in [4.69, 9.17) is 19.4 Å². The van der Waals surface area contributed by atoms with Gasteiger partial charge in [0.1, 0.15) is 11.2 Å². The quantitative estimate of drug-likeness (QED) is 0.174. The second-order valence-electron chi connectivity index (χ2n) is 15.6. The summed E-state index contributed by atoms with van der Waals surface area (Å²) in [5, 5.41) is 9.17. The minimum absolute atomic E-state index is 0.534. The Morgan fingerprint density at radius 2 is 1.03 bits per heavy atom. The molecule has 9 aromatic carbocycles. The lowest BCUT2D eigenvalue weighted by Crippen LogP contribution is -2.04. The van der Waals surface area contributed by atoms with Gasteiger partial charge in [0.25, 0.3) is 0 Å². The predicted octanol–water partition coefficient (Wildman–Crippen LogP) is 15.1. The van der Waals surface area contributed by atoms with E-state index >= 15 is 0 Å². The smallest absolute Gasteiger partial charge is 0.170 e. The van der Waals surface area contributed by atoms with Crippen LogP contribution in [0.5, 0.6) is 0 Å². The molecule has 5 nitrogen and oxygen atoms in total. The zero-order valence-electron chi connectivity index (χ0n) is 32.6. The SMILES string of the molecule is c1ccc(-c2cccc(-c3nc(-c4ccc5sc6ccccc6c5c4)nc(-c4c(-n5c6ccccc6c6cc7ccccc7cc65)ccc5c4oc4ccccc45)n3)c2)cc1. The van der Waals surface area contributed by atoms with Gasteiger partial charge in [0.05, 0.1) is 22.3 Å². The molecule has 0 fully saturated rings. The van der Waals surface area contributed by atoms with E-state index in [9.17, 15) is 0 Å². The topological polar surface area (TPSA) is 56.7 Å². The molecule has 4 aromatic heterocycles. The number of furan rings is 1. The Hall–Kier alpha value is -7.93. The van der Waals surface area contributed by atoms with Gasteiger partial charge in [0.15, 0.2) is 17.5 Å². The van der Waals surface area contributed by atoms with Gasteiger partial charge in [-0.05, 0) is 88.6 Å². The first-order valence-corrected chi connectivity index (χ1v) is 21.2. The number of nitrogens with zero attached hydrogens (tertiary/aromatic N) is 4. The maximum absolute atomic E-state index is 6.92. The molecular weight excluding hydrogens is 765 g/mol. The van der Waals surface area contributed by atoms with Gasteiger partial charge < -0.3 is 8.98 Å². The van der Waals surface area contributed by atoms with E-state index in [0.29, 0.717) is 17.5 Å². The highest BCUT2D eigenvalue weighted by molar-refractivity contribution is 7.25. The van der Waals surface area contributed by atoms with Crippen LogP contribution in [0, 0.1) is 0 Å². The summed E-state index contributed by atoms with van der Waals surface area (Å²) < 4.78 is 11.8. The summed E-state index contributed by atoms with van der Waals surface area (Å²) in [7, 11) is 0. The standard InChI is InChI=1S/C55H32N4OS/c1-2-13-33(14-3-1)34-17-12-18-37(29-34)53-56-54(38-25-28-50-44(31-38)41-21-8-11-24-49(41)61-50)58-55(57-53)51-46(27-26-42-40-20-7-10-23-48(40)60-52(42)51)59-45-22-9-6-19-39(45)43-30-35-15-4-5-16-36(35)32-47(43)59/h1-32H. The first-order valence-electron chi connectivity index (χ1n) is 20.4. The third-order valence-electron chi connectivity index (χ3n) is 12.0. The fourth-order valence-electron chi connectivity index (χ4n) is 9.18. The van der Waals surface area contributed by atoms with Gasteiger partial charge in [-0.3, -0.25) is 0 Å². The molecule has 13 aromatic rings. The van der Waals surface area contributed by atoms with E-state index in [2.05, 4.69) is 180 Å². The third-order valence-corrected chi connectivity index (χ3v) is 13.2. The normalized spacial score (nSPS) is 11.9. The molecule has 0 N–H and O–H groups in total. The molecule has 4 heterocycles. The van der Waals surface area contributed by atoms with E-state index in [0.717, 1.165) is 66.5 Å². The molecule has 13 rings (SSSR count). The minimum atomic E-state index is 0.534. The van der Waals surface area contributed by atoms with Gasteiger partial charge >= 0.3 is 0 Å². The van der Waals surface area contributed by atoms with Crippen molar-refractivity contribution in [1.82, 2.24) is 19.5 Å². The van der Waals surface area contributed by atoms with Gasteiger partial charge in [0.2, 0.25) is 0 Å². The lowest BCUT2D eigenvalue weighted by atomic mass is 10.0. The monoisotopic (exact) mass is 796 g/mol. The molecule has 6 heteroatoms. The van der Waals surface area contributed by atoms with Crippen LogP contribution in [-0.4, -0.2) is 19.5 Å². The second kappa shape index (κ2) is 13.3. The summed E-state index contributed by atoms with van der Waals surface area (Å²) in [5.74, 6) is 1.71. The van der Waals surface area contributed by atoms with E-state index in [1.807, 2.05) is 18.2 Å². The van der Waals surface area contributed by atoms with Crippen molar-refractivity contribution in [1.29, 1.82) is 0 Å². The van der Waals surface area contributed by atoms with Crippen LogP contribution in [-0.2, 0) is 0 Å². The molecule has 0 spiro atoms. The zero-order chi connectivity index (χ0) is 40.0. The molecule has 0 saturated heterocycles. The molecule has 0 aliphatic heterocycles. The number of fused-ring (bicyclic) bond motifs is 10. The Kier molecular flexibility index (Phi) is 7.41. The fraction of sp³-hybridized carbons (Fsp3) is 0. The first-order chi connectivity index (χ1) is 30.2. The van der Waals surface area contributed by atoms with Crippen molar-refractivity contribution in [2.75, 3.05) is 0 Å². The number of para-hydroxylation sites is 2. The molecular formula is C55H32N4OS. The third kappa shape index (κ3) is 5.36. The average molecular weight is 797 g/mol. The summed E-state index contributed by atoms with van der Waals surface area (Å²) in [6.45, 7) is 0. The molecule has 0 amide bonds. The highest BCUT2D eigenvalue weighted by atomic mass is 32.1. The Bertz CT molecular complexity index is 3900. The lowest BCUT2D eigenvalue weighted by molar-refractivity contribution is 0.669. The number of rotatable bonds is 5. The van der Waals surface area contributed by atoms with Crippen LogP contribution < -0.4 is 0 Å². The van der Waals surface area contributed by atoms with E-state index in [-0.39, 0.29) is 0 Å². The summed E-state index contributed by atoms with van der Waals surface area (Å²) in [6.07, 6.45) is 0. The van der Waals surface area contributed by atoms with Crippen LogP contribution in [0.25, 0.3) is 126 Å². The first kappa shape index (κ1) is 34.0. The summed E-state index contributed by atoms with van der Waals surface area (Å²) in [6, 6.07) is 68.5. The van der Waals surface area contributed by atoms with Crippen LogP contribution >= 0.6 is 11.3 Å². The molecule has 284 valence electrons. The van der Waals surface area contributed by atoms with Crippen LogP contribution in [0.4, 0.5) is 0 Å². The van der Waals surface area contributed by atoms with Crippen LogP contribution in [0.3, 0.4) is 0 Å². The second-order valence-corrected chi connectivity index (χ2v) is 16.6. The number of benzene rings is 9. The van der Waals surface area contributed by atoms with Crippen molar-refractivity contribution < 1.29 is 4.42 Å². The van der Waals surface area contributed by atoms with Crippen molar-refractivity contribution in [3.8, 4) is 51.0 Å². The molecule has 0 unspecified atom stereocenters. The van der Waals surface area contributed by atoms with E-state index in [1.54, 1.807) is 11.3 Å². The van der Waals surface area contributed by atoms with Crippen molar-refractivity contribution in [3.63, 3.8) is 0 Å². The number of hydrogen-bond donors (Lipinski definition) is 0.